The molecule has 0 saturated heterocycles. The van der Waals surface area contributed by atoms with E-state index in [-0.39, 0.29) is 6.04 Å². The van der Waals surface area contributed by atoms with Crippen molar-refractivity contribution in [2.24, 2.45) is 0 Å². The molecule has 2 rings (SSSR count). The van der Waals surface area contributed by atoms with Crippen LogP contribution in [-0.4, -0.2) is 19.1 Å². The van der Waals surface area contributed by atoms with Crippen molar-refractivity contribution < 1.29 is 4.74 Å². The molecule has 0 fully saturated rings. The smallest absolute Gasteiger partial charge is 0.133 e. The standard InChI is InChI=1S/C15H17BrN2O/c1-17-14(13-5-3-4-8-18-13)10-11-6-7-15(19-2)12(16)9-11/h3-9,14,17H,10H2,1-2H3. The number of likely N-dealkylation sites (N-methyl/N-ethyl adjacent to an activating group) is 1. The molecule has 1 atom stereocenters. The van der Waals surface area contributed by atoms with E-state index in [1.54, 1.807) is 7.11 Å². The van der Waals surface area contributed by atoms with E-state index < -0.39 is 0 Å². The van der Waals surface area contributed by atoms with E-state index in [1.165, 1.54) is 5.56 Å². The van der Waals surface area contributed by atoms with Gasteiger partial charge in [0.2, 0.25) is 0 Å². The third-order valence-corrected chi connectivity index (χ3v) is 3.67. The van der Waals surface area contributed by atoms with Gasteiger partial charge in [0.05, 0.1) is 23.3 Å². The van der Waals surface area contributed by atoms with Gasteiger partial charge in [-0.2, -0.15) is 0 Å². The maximum Gasteiger partial charge on any atom is 0.133 e. The van der Waals surface area contributed by atoms with Crippen LogP contribution in [0.2, 0.25) is 0 Å². The number of hydrogen-bond acceptors (Lipinski definition) is 3. The van der Waals surface area contributed by atoms with E-state index in [0.717, 1.165) is 22.3 Å². The third-order valence-electron chi connectivity index (χ3n) is 3.05. The van der Waals surface area contributed by atoms with Gasteiger partial charge in [-0.3, -0.25) is 4.98 Å². The SMILES string of the molecule is CNC(Cc1ccc(OC)c(Br)c1)c1ccccn1. The number of nitrogens with one attached hydrogen (secondary N) is 1. The van der Waals surface area contributed by atoms with E-state index in [2.05, 4.69) is 38.4 Å². The summed E-state index contributed by atoms with van der Waals surface area (Å²) in [6.45, 7) is 0. The maximum absolute atomic E-state index is 5.24. The number of ether oxygens (including phenoxy) is 1. The van der Waals surface area contributed by atoms with Gasteiger partial charge in [0, 0.05) is 6.20 Å². The Hall–Kier alpha value is -1.39. The van der Waals surface area contributed by atoms with Gasteiger partial charge in [0.1, 0.15) is 5.75 Å². The first-order valence-electron chi connectivity index (χ1n) is 6.15. The summed E-state index contributed by atoms with van der Waals surface area (Å²) in [5, 5.41) is 3.31. The minimum absolute atomic E-state index is 0.210. The Labute approximate surface area is 122 Å². The number of pyridine rings is 1. The Morgan fingerprint density at radius 1 is 1.32 bits per heavy atom. The zero-order valence-electron chi connectivity index (χ0n) is 11.1. The van der Waals surface area contributed by atoms with Gasteiger partial charge in [-0.15, -0.1) is 0 Å². The van der Waals surface area contributed by atoms with Crippen molar-refractivity contribution in [1.82, 2.24) is 10.3 Å². The van der Waals surface area contributed by atoms with Gasteiger partial charge in [-0.05, 0) is 59.2 Å². The van der Waals surface area contributed by atoms with E-state index in [9.17, 15) is 0 Å². The minimum atomic E-state index is 0.210. The van der Waals surface area contributed by atoms with Gasteiger partial charge in [0.25, 0.3) is 0 Å². The Morgan fingerprint density at radius 2 is 2.16 bits per heavy atom. The molecule has 0 radical (unpaired) electrons. The second-order valence-electron chi connectivity index (χ2n) is 4.27. The predicted molar refractivity (Wildman–Crippen MR) is 80.4 cm³/mol. The molecule has 0 saturated carbocycles. The molecule has 0 aliphatic carbocycles. The van der Waals surface area contributed by atoms with Crippen LogP contribution in [0.5, 0.6) is 5.75 Å². The molecule has 3 nitrogen and oxygen atoms in total. The first kappa shape index (κ1) is 14.0. The summed E-state index contributed by atoms with van der Waals surface area (Å²) in [4.78, 5) is 4.40. The van der Waals surface area contributed by atoms with Crippen LogP contribution in [0.4, 0.5) is 0 Å². The zero-order chi connectivity index (χ0) is 13.7. The van der Waals surface area contributed by atoms with Crippen LogP contribution < -0.4 is 10.1 Å². The highest BCUT2D eigenvalue weighted by Crippen LogP contribution is 2.27. The van der Waals surface area contributed by atoms with Crippen LogP contribution in [0, 0.1) is 0 Å². The molecule has 0 spiro atoms. The van der Waals surface area contributed by atoms with Gasteiger partial charge < -0.3 is 10.1 Å². The number of rotatable bonds is 5. The molecule has 100 valence electrons. The molecule has 0 amide bonds. The van der Waals surface area contributed by atoms with Crippen LogP contribution in [0.25, 0.3) is 0 Å². The minimum Gasteiger partial charge on any atom is -0.496 e. The third kappa shape index (κ3) is 3.55. The average molecular weight is 321 g/mol. The molecule has 1 N–H and O–H groups in total. The fourth-order valence-electron chi connectivity index (χ4n) is 2.01. The topological polar surface area (TPSA) is 34.1 Å². The molecule has 0 bridgehead atoms. The van der Waals surface area contributed by atoms with E-state index in [1.807, 2.05) is 37.5 Å². The molecule has 1 unspecified atom stereocenters. The van der Waals surface area contributed by atoms with Crippen LogP contribution in [-0.2, 0) is 6.42 Å². The van der Waals surface area contributed by atoms with Gasteiger partial charge >= 0.3 is 0 Å². The number of methoxy groups -OCH3 is 1. The number of benzene rings is 1. The van der Waals surface area contributed by atoms with Gasteiger partial charge in [0.15, 0.2) is 0 Å². The second-order valence-corrected chi connectivity index (χ2v) is 5.12. The fourth-order valence-corrected chi connectivity index (χ4v) is 2.60. The molecule has 0 aliphatic rings. The number of nitrogens with zero attached hydrogens (tertiary/aromatic N) is 1. The summed E-state index contributed by atoms with van der Waals surface area (Å²) in [5.41, 5.74) is 2.29. The maximum atomic E-state index is 5.24. The van der Waals surface area contributed by atoms with Crippen LogP contribution >= 0.6 is 15.9 Å². The molecule has 1 heterocycles. The monoisotopic (exact) mass is 320 g/mol. The second kappa shape index (κ2) is 6.68. The zero-order valence-corrected chi connectivity index (χ0v) is 12.6. The predicted octanol–water partition coefficient (Wildman–Crippen LogP) is 3.36. The Morgan fingerprint density at radius 3 is 2.74 bits per heavy atom. The lowest BCUT2D eigenvalue weighted by molar-refractivity contribution is 0.412. The summed E-state index contributed by atoms with van der Waals surface area (Å²) in [7, 11) is 3.63. The quantitative estimate of drug-likeness (QED) is 0.917. The van der Waals surface area contributed by atoms with Crippen molar-refractivity contribution in [3.05, 3.63) is 58.3 Å². The number of hydrogen-bond donors (Lipinski definition) is 1. The Balaban J connectivity index is 2.17. The van der Waals surface area contributed by atoms with Crippen LogP contribution in [0.3, 0.4) is 0 Å². The Kier molecular flexibility index (Phi) is 4.93. The van der Waals surface area contributed by atoms with Crippen molar-refractivity contribution in [1.29, 1.82) is 0 Å². The lowest BCUT2D eigenvalue weighted by Gasteiger charge is -2.16. The van der Waals surface area contributed by atoms with E-state index in [4.69, 9.17) is 4.74 Å². The molecule has 0 aliphatic heterocycles. The van der Waals surface area contributed by atoms with Crippen LogP contribution in [0.15, 0.2) is 47.1 Å². The molecule has 4 heteroatoms. The molecular formula is C15H17BrN2O. The fraction of sp³-hybridized carbons (Fsp3) is 0.267. The van der Waals surface area contributed by atoms with Gasteiger partial charge in [-0.25, -0.2) is 0 Å². The van der Waals surface area contributed by atoms with Crippen molar-refractivity contribution in [2.75, 3.05) is 14.2 Å². The van der Waals surface area contributed by atoms with Crippen molar-refractivity contribution in [2.45, 2.75) is 12.5 Å². The highest BCUT2D eigenvalue weighted by Gasteiger charge is 2.12. The first-order chi connectivity index (χ1) is 9.24. The number of aromatic nitrogens is 1. The number of halogens is 1. The normalized spacial score (nSPS) is 12.2. The molecule has 1 aromatic heterocycles. The lowest BCUT2D eigenvalue weighted by atomic mass is 10.0. The summed E-state index contributed by atoms with van der Waals surface area (Å²) in [5.74, 6) is 0.850. The summed E-state index contributed by atoms with van der Waals surface area (Å²) >= 11 is 3.51. The molecular weight excluding hydrogens is 304 g/mol. The lowest BCUT2D eigenvalue weighted by Crippen LogP contribution is -2.19. The van der Waals surface area contributed by atoms with Crippen molar-refractivity contribution in [3.63, 3.8) is 0 Å². The average Bonchev–Trinajstić information content (AvgIpc) is 2.46. The van der Waals surface area contributed by atoms with E-state index in [0.29, 0.717) is 0 Å². The van der Waals surface area contributed by atoms with E-state index >= 15 is 0 Å². The Bertz CT molecular complexity index is 531. The summed E-state index contributed by atoms with van der Waals surface area (Å²) < 4.78 is 6.22. The highest BCUT2D eigenvalue weighted by atomic mass is 79.9. The highest BCUT2D eigenvalue weighted by molar-refractivity contribution is 9.10. The molecule has 19 heavy (non-hydrogen) atoms. The largest absolute Gasteiger partial charge is 0.496 e. The van der Waals surface area contributed by atoms with Crippen LogP contribution in [0.1, 0.15) is 17.3 Å². The molecule has 2 aromatic rings. The first-order valence-corrected chi connectivity index (χ1v) is 6.94. The molecule has 1 aromatic carbocycles. The summed E-state index contributed by atoms with van der Waals surface area (Å²) in [6.07, 6.45) is 2.71. The van der Waals surface area contributed by atoms with Crippen molar-refractivity contribution >= 4 is 15.9 Å². The summed E-state index contributed by atoms with van der Waals surface area (Å²) in [6, 6.07) is 12.3. The van der Waals surface area contributed by atoms with Gasteiger partial charge in [-0.1, -0.05) is 12.1 Å². The van der Waals surface area contributed by atoms with Crippen molar-refractivity contribution in [3.8, 4) is 5.75 Å².